The number of likely N-dealkylation sites (N-methyl/N-ethyl adjacent to an activating group) is 1. The number of para-hydroxylation sites is 1. The second-order valence-corrected chi connectivity index (χ2v) is 18.5. The number of benzene rings is 3. The molecule has 1 fully saturated rings. The molecule has 6 heterocycles. The third kappa shape index (κ3) is 8.19. The van der Waals surface area contributed by atoms with E-state index in [1.165, 1.54) is 34.1 Å². The minimum absolute atomic E-state index is 0.0420. The molecule has 0 radical (unpaired) electrons. The Morgan fingerprint density at radius 2 is 1.69 bits per heavy atom. The maximum atomic E-state index is 14.7. The number of nitrogens with one attached hydrogen (secondary N) is 2. The van der Waals surface area contributed by atoms with Gasteiger partial charge in [0.1, 0.15) is 52.0 Å². The number of pyridine rings is 1. The van der Waals surface area contributed by atoms with Crippen LogP contribution in [0.25, 0.3) is 53.3 Å². The molecule has 0 spiro atoms. The molecule has 0 bridgehead atoms. The molecular formula is C48H46F3N5O6S2+2. The van der Waals surface area contributed by atoms with Crippen LogP contribution in [0.4, 0.5) is 13.2 Å². The Labute approximate surface area is 373 Å². The van der Waals surface area contributed by atoms with Gasteiger partial charge in [-0.2, -0.15) is 13.2 Å². The first-order valence-electron chi connectivity index (χ1n) is 21.4. The van der Waals surface area contributed by atoms with E-state index < -0.39 is 22.9 Å². The van der Waals surface area contributed by atoms with Gasteiger partial charge in [0, 0.05) is 30.1 Å². The Hall–Kier alpha value is -5.94. The summed E-state index contributed by atoms with van der Waals surface area (Å²) in [5.41, 5.74) is 2.76. The summed E-state index contributed by atoms with van der Waals surface area (Å²) < 4.78 is 56.7. The van der Waals surface area contributed by atoms with Crippen LogP contribution in [-0.4, -0.2) is 51.8 Å². The summed E-state index contributed by atoms with van der Waals surface area (Å²) in [6, 6.07) is 14.1. The highest BCUT2D eigenvalue weighted by Gasteiger charge is 2.41. The van der Waals surface area contributed by atoms with E-state index in [1.54, 1.807) is 43.5 Å². The number of phenolic OH excluding ortho intramolecular Hbond substituents is 2. The number of hydrogen-bond donors (Lipinski definition) is 4. The molecule has 64 heavy (non-hydrogen) atoms. The summed E-state index contributed by atoms with van der Waals surface area (Å²) in [6.07, 6.45) is 3.46. The number of likely N-dealkylation sites (tertiary alicyclic amines) is 1. The average molecular weight is 910 g/mol. The van der Waals surface area contributed by atoms with E-state index in [9.17, 15) is 33.0 Å². The fraction of sp³-hybridized carbons (Fsp3) is 0.312. The fourth-order valence-corrected chi connectivity index (χ4v) is 10.8. The van der Waals surface area contributed by atoms with E-state index in [2.05, 4.69) is 16.0 Å². The number of aromatic hydroxyl groups is 2. The van der Waals surface area contributed by atoms with Crippen molar-refractivity contribution in [2.24, 2.45) is 0 Å². The normalized spacial score (nSPS) is 16.3. The van der Waals surface area contributed by atoms with Gasteiger partial charge in [-0.25, -0.2) is 9.97 Å². The van der Waals surface area contributed by atoms with Crippen molar-refractivity contribution in [3.8, 4) is 32.6 Å². The molecule has 11 nitrogen and oxygen atoms in total. The first kappa shape index (κ1) is 43.3. The highest BCUT2D eigenvalue weighted by atomic mass is 32.1. The largest absolute Gasteiger partial charge is 0.507 e. The number of rotatable bonds is 12. The van der Waals surface area contributed by atoms with Crippen LogP contribution in [-0.2, 0) is 38.5 Å². The highest BCUT2D eigenvalue weighted by molar-refractivity contribution is 7.21. The van der Waals surface area contributed by atoms with Crippen LogP contribution in [0.1, 0.15) is 71.9 Å². The van der Waals surface area contributed by atoms with Gasteiger partial charge in [0.15, 0.2) is 5.58 Å². The standard InChI is InChI=1S/C48H44F3N5O6S2/c1-4-26-18-31-41(59)35(24-61-43(31)34(40(26)58)23-56-16-9-11-29(21-56)28-10-8-15-52-20-28)46-53-30(25-63-46)14-17-55(3)22-33-39(57)27(5-2)19-32-42(60)38(45(48(49,50)51)62-44(32)33)47-54-36-12-6-7-13-37(36)64-47/h6-8,10,12-13,15,18-20,24-25,29,57-58H,4-5,9,11,14,16-17,21-23H2,1-3H3/p+2/t29-/m1/s1. The van der Waals surface area contributed by atoms with Gasteiger partial charge in [0.05, 0.1) is 70.1 Å². The molecule has 9 rings (SSSR count). The third-order valence-electron chi connectivity index (χ3n) is 12.3. The number of aryl methyl sites for hydroxylation is 2. The number of fused-ring (bicyclic) bond motifs is 3. The number of piperidine rings is 1. The molecule has 3 aromatic carbocycles. The van der Waals surface area contributed by atoms with Gasteiger partial charge in [-0.05, 0) is 72.7 Å². The van der Waals surface area contributed by atoms with Crippen LogP contribution in [0.5, 0.6) is 11.5 Å². The number of quaternary nitrogens is 2. The smallest absolute Gasteiger partial charge is 0.450 e. The van der Waals surface area contributed by atoms with Crippen LogP contribution in [0.2, 0.25) is 0 Å². The Bertz CT molecular complexity index is 3130. The van der Waals surface area contributed by atoms with E-state index in [4.69, 9.17) is 13.8 Å². The highest BCUT2D eigenvalue weighted by Crippen LogP contribution is 2.42. The molecule has 2 unspecified atom stereocenters. The zero-order valence-electron chi connectivity index (χ0n) is 35.4. The van der Waals surface area contributed by atoms with Crippen LogP contribution in [0.15, 0.2) is 91.0 Å². The number of phenols is 2. The summed E-state index contributed by atoms with van der Waals surface area (Å²) in [4.78, 5) is 43.8. The van der Waals surface area contributed by atoms with E-state index in [-0.39, 0.29) is 45.0 Å². The molecule has 16 heteroatoms. The molecule has 8 aromatic rings. The van der Waals surface area contributed by atoms with Crippen molar-refractivity contribution in [2.45, 2.75) is 71.1 Å². The Morgan fingerprint density at radius 3 is 2.41 bits per heavy atom. The maximum absolute atomic E-state index is 14.7. The maximum Gasteiger partial charge on any atom is 0.450 e. The molecular weight excluding hydrogens is 864 g/mol. The molecule has 0 amide bonds. The van der Waals surface area contributed by atoms with Crippen LogP contribution < -0.4 is 20.7 Å². The summed E-state index contributed by atoms with van der Waals surface area (Å²) in [6.45, 7) is 6.52. The monoisotopic (exact) mass is 909 g/mol. The lowest BCUT2D eigenvalue weighted by molar-refractivity contribution is -0.919. The van der Waals surface area contributed by atoms with Gasteiger partial charge in [-0.3, -0.25) is 14.6 Å². The molecule has 1 aliphatic rings. The predicted octanol–water partition coefficient (Wildman–Crippen LogP) is 7.47. The molecule has 1 saturated heterocycles. The summed E-state index contributed by atoms with van der Waals surface area (Å²) >= 11 is 2.28. The number of hydrogen-bond acceptors (Lipinski definition) is 11. The van der Waals surface area contributed by atoms with Gasteiger partial charge in [0.2, 0.25) is 16.6 Å². The van der Waals surface area contributed by atoms with Crippen molar-refractivity contribution in [3.05, 3.63) is 132 Å². The van der Waals surface area contributed by atoms with Crippen molar-refractivity contribution in [1.29, 1.82) is 0 Å². The molecule has 330 valence electrons. The van der Waals surface area contributed by atoms with Gasteiger partial charge < -0.3 is 28.8 Å². The molecule has 5 aromatic heterocycles. The Morgan fingerprint density at radius 1 is 0.938 bits per heavy atom. The van der Waals surface area contributed by atoms with Crippen molar-refractivity contribution in [2.75, 3.05) is 26.7 Å². The quantitative estimate of drug-likeness (QED) is 0.0981. The molecule has 0 aliphatic carbocycles. The van der Waals surface area contributed by atoms with E-state index in [0.29, 0.717) is 92.4 Å². The molecule has 4 N–H and O–H groups in total. The molecule has 3 atom stereocenters. The summed E-state index contributed by atoms with van der Waals surface area (Å²) in [5, 5.41) is 25.4. The van der Waals surface area contributed by atoms with E-state index in [1.807, 2.05) is 31.6 Å². The molecule has 0 saturated carbocycles. The minimum Gasteiger partial charge on any atom is -0.507 e. The lowest BCUT2D eigenvalue weighted by Gasteiger charge is -2.30. The van der Waals surface area contributed by atoms with Crippen molar-refractivity contribution >= 4 is 54.8 Å². The lowest BCUT2D eigenvalue weighted by atomic mass is 9.91. The topological polar surface area (TPSA) is 148 Å². The predicted molar refractivity (Wildman–Crippen MR) is 242 cm³/mol. The first-order valence-corrected chi connectivity index (χ1v) is 23.1. The van der Waals surface area contributed by atoms with Crippen molar-refractivity contribution in [3.63, 3.8) is 0 Å². The zero-order chi connectivity index (χ0) is 44.9. The second-order valence-electron chi connectivity index (χ2n) is 16.6. The number of thiazole rings is 2. The van der Waals surface area contributed by atoms with Crippen LogP contribution >= 0.6 is 22.7 Å². The zero-order valence-corrected chi connectivity index (χ0v) is 37.0. The Kier molecular flexibility index (Phi) is 11.9. The van der Waals surface area contributed by atoms with Gasteiger partial charge in [-0.1, -0.05) is 32.0 Å². The van der Waals surface area contributed by atoms with Crippen molar-refractivity contribution in [1.82, 2.24) is 15.0 Å². The van der Waals surface area contributed by atoms with Gasteiger partial charge >= 0.3 is 6.18 Å². The Balaban J connectivity index is 0.967. The number of alkyl halides is 3. The number of nitrogens with zero attached hydrogens (tertiary/aromatic N) is 3. The number of aromatic nitrogens is 3. The average Bonchev–Trinajstić information content (AvgIpc) is 3.95. The lowest BCUT2D eigenvalue weighted by Crippen LogP contribution is -3.12. The summed E-state index contributed by atoms with van der Waals surface area (Å²) in [5.74, 6) is -1.18. The van der Waals surface area contributed by atoms with Gasteiger partial charge in [0.25, 0.3) is 0 Å². The molecule has 1 aliphatic heterocycles. The van der Waals surface area contributed by atoms with Gasteiger partial charge in [-0.15, -0.1) is 22.7 Å². The fourth-order valence-electron chi connectivity index (χ4n) is 8.97. The van der Waals surface area contributed by atoms with Crippen LogP contribution in [0.3, 0.4) is 0 Å². The van der Waals surface area contributed by atoms with Crippen LogP contribution in [0, 0.1) is 0 Å². The minimum atomic E-state index is -5.03. The SMILES string of the molecule is CCc1cc2c(=O)c(-c3nc(CC[NH+](C)Cc4c(O)c(CC)cc5c(=O)c(-c6nc7ccccc7s6)c(C(F)(F)F)oc45)cs3)coc2c(C[NH+]2CCC[C@@H](c3cccnc3)C2)c1O. The first-order chi connectivity index (χ1) is 30.8. The van der Waals surface area contributed by atoms with E-state index in [0.717, 1.165) is 42.2 Å². The van der Waals surface area contributed by atoms with Crippen molar-refractivity contribution < 1.29 is 42.0 Å². The number of halogens is 3. The van der Waals surface area contributed by atoms with E-state index >= 15 is 0 Å². The summed E-state index contributed by atoms with van der Waals surface area (Å²) in [7, 11) is 1.83. The third-order valence-corrected chi connectivity index (χ3v) is 14.3. The second kappa shape index (κ2) is 17.6.